The van der Waals surface area contributed by atoms with E-state index in [1.54, 1.807) is 102 Å². The smallest absolute Gasteiger partial charge is 0.416 e. The predicted octanol–water partition coefficient (Wildman–Crippen LogP) is 11.8. The molecule has 3 aromatic rings. The van der Waals surface area contributed by atoms with Gasteiger partial charge in [-0.15, -0.1) is 0 Å². The van der Waals surface area contributed by atoms with Crippen molar-refractivity contribution in [1.29, 1.82) is 0 Å². The van der Waals surface area contributed by atoms with E-state index in [1.165, 1.54) is 43.5 Å². The zero-order valence-corrected chi connectivity index (χ0v) is 47.5. The molecule has 0 saturated heterocycles. The Morgan fingerprint density at radius 2 is 0.800 bits per heavy atom. The lowest BCUT2D eigenvalue weighted by atomic mass is 9.90. The third kappa shape index (κ3) is 26.9. The second-order valence-electron chi connectivity index (χ2n) is 22.2. The second kappa shape index (κ2) is 30.6. The van der Waals surface area contributed by atoms with Gasteiger partial charge in [-0.1, -0.05) is 48.6 Å². The van der Waals surface area contributed by atoms with Crippen molar-refractivity contribution in [2.24, 2.45) is 5.41 Å². The van der Waals surface area contributed by atoms with Gasteiger partial charge in [0, 0.05) is 24.9 Å². The molecule has 24 heteroatoms. The van der Waals surface area contributed by atoms with Crippen LogP contribution in [0.2, 0.25) is 0 Å². The van der Waals surface area contributed by atoms with Gasteiger partial charge >= 0.3 is 42.8 Å². The molecule has 3 rings (SSSR count). The fraction of sp³-hybridized carbons (Fsp3) is 0.571. The fourth-order valence-electron chi connectivity index (χ4n) is 7.05. The Bertz CT molecular complexity index is 2390. The van der Waals surface area contributed by atoms with Gasteiger partial charge in [-0.3, -0.25) is 4.79 Å². The number of aliphatic hydroxyl groups excluding tert-OH is 3. The van der Waals surface area contributed by atoms with Crippen molar-refractivity contribution >= 4 is 24.2 Å². The van der Waals surface area contributed by atoms with E-state index in [-0.39, 0.29) is 13.2 Å². The van der Waals surface area contributed by atoms with Crippen molar-refractivity contribution in [3.8, 4) is 0 Å². The van der Waals surface area contributed by atoms with Crippen LogP contribution in [0.1, 0.15) is 141 Å². The predicted molar refractivity (Wildman–Crippen MR) is 280 cm³/mol. The average Bonchev–Trinajstić information content (AvgIpc) is 3.30. The third-order valence-electron chi connectivity index (χ3n) is 10.8. The van der Waals surface area contributed by atoms with E-state index in [2.05, 4.69) is 16.0 Å². The Kier molecular flexibility index (Phi) is 27.5. The molecule has 0 aliphatic rings. The molecule has 0 spiro atoms. The molecule has 0 aliphatic heterocycles. The van der Waals surface area contributed by atoms with Gasteiger partial charge < -0.3 is 55.0 Å². The summed E-state index contributed by atoms with van der Waals surface area (Å²) >= 11 is 0. The third-order valence-corrected chi connectivity index (χ3v) is 10.8. The van der Waals surface area contributed by atoms with Crippen LogP contribution in [-0.4, -0.2) is 115 Å². The molecule has 0 fully saturated rings. The number of amides is 3. The van der Waals surface area contributed by atoms with Crippen molar-refractivity contribution in [2.45, 2.75) is 161 Å². The van der Waals surface area contributed by atoms with Gasteiger partial charge in [0.25, 0.3) is 0 Å². The molecular weight excluding hydrogens is 1080 g/mol. The molecule has 15 nitrogen and oxygen atoms in total. The number of halogens is 9. The summed E-state index contributed by atoms with van der Waals surface area (Å²) in [7, 11) is 1.43. The van der Waals surface area contributed by atoms with Crippen LogP contribution >= 0.6 is 0 Å². The van der Waals surface area contributed by atoms with Gasteiger partial charge in [0.05, 0.1) is 66.7 Å². The van der Waals surface area contributed by atoms with Crippen LogP contribution in [0, 0.1) is 5.41 Å². The number of hydrogen-bond acceptors (Lipinski definition) is 12. The van der Waals surface area contributed by atoms with Gasteiger partial charge in [0.1, 0.15) is 23.4 Å². The summed E-state index contributed by atoms with van der Waals surface area (Å²) in [6, 6.07) is 11.0. The lowest BCUT2D eigenvalue weighted by molar-refractivity contribution is -0.154. The van der Waals surface area contributed by atoms with Crippen LogP contribution in [0.25, 0.3) is 0 Å². The minimum absolute atomic E-state index is 0.104. The maximum atomic E-state index is 12.8. The minimum atomic E-state index is -4.50. The Labute approximate surface area is 461 Å². The van der Waals surface area contributed by atoms with Crippen LogP contribution in [0.15, 0.2) is 84.9 Å². The number of aliphatic hydroxyl groups is 3. The van der Waals surface area contributed by atoms with Crippen LogP contribution in [0.3, 0.4) is 0 Å². The number of ether oxygens (including phenoxy) is 5. The van der Waals surface area contributed by atoms with Crippen molar-refractivity contribution in [3.05, 3.63) is 118 Å². The molecule has 0 aromatic heterocycles. The van der Waals surface area contributed by atoms with Gasteiger partial charge in [-0.2, -0.15) is 39.5 Å². The topological polar surface area (TPSA) is 211 Å². The van der Waals surface area contributed by atoms with Crippen LogP contribution in [-0.2, 0) is 47.0 Å². The number of benzene rings is 3. The maximum Gasteiger partial charge on any atom is 0.416 e. The molecule has 0 saturated carbocycles. The van der Waals surface area contributed by atoms with E-state index in [9.17, 15) is 74.0 Å². The number of nitrogens with one attached hydrogen (secondary N) is 3. The maximum absolute atomic E-state index is 12.8. The lowest BCUT2D eigenvalue weighted by Gasteiger charge is -2.29. The summed E-state index contributed by atoms with van der Waals surface area (Å²) in [6.45, 7) is 20.4. The molecule has 0 bridgehead atoms. The minimum Gasteiger partial charge on any atom is -0.463 e. The van der Waals surface area contributed by atoms with Gasteiger partial charge in [-0.05, 0) is 143 Å². The Balaban J connectivity index is 0.000000604. The molecule has 3 aromatic carbocycles. The molecule has 6 atom stereocenters. The average molecular weight is 1160 g/mol. The second-order valence-corrected chi connectivity index (χ2v) is 22.2. The zero-order valence-electron chi connectivity index (χ0n) is 47.5. The Morgan fingerprint density at radius 1 is 0.475 bits per heavy atom. The van der Waals surface area contributed by atoms with Crippen LogP contribution < -0.4 is 16.0 Å². The van der Waals surface area contributed by atoms with Gasteiger partial charge in [-0.25, -0.2) is 14.4 Å². The summed E-state index contributed by atoms with van der Waals surface area (Å²) in [5, 5.41) is 36.8. The highest BCUT2D eigenvalue weighted by molar-refractivity contribution is 5.75. The molecule has 80 heavy (non-hydrogen) atoms. The molecule has 6 N–H and O–H groups in total. The standard InChI is InChI=1S/C21H30F3NO5.C18H24F3NO3.C17H24F3NO4/c1-19(2,3)17(27)29-12-16(25-18(28)30-20(4,5)6)15(11-26)13-7-9-14(10-8-13)21(22,23)24;1-5-6-14(12-7-9-13(10-8-12)18(19,20)21)15(11-23)22-16(24)25-17(2,3)4;1-16(2,3)25-15(23)21-14(9-22)13(10-24-4)11-5-7-12(8-6-11)17(18,19)20/h7-10,15-16,26H,11-12H2,1-6H3,(H,25,28);5-10,14-15,23H,11H2,1-4H3,(H,22,24);5-8,13-14,22H,9-10H2,1-4H3,(H,21,23)/b;6-5+;/t15-,16+;14-,15+;13-,14+/m000/s1. The highest BCUT2D eigenvalue weighted by Gasteiger charge is 2.36. The van der Waals surface area contributed by atoms with E-state index in [1.807, 2.05) is 0 Å². The zero-order chi connectivity index (χ0) is 61.8. The molecule has 452 valence electrons. The van der Waals surface area contributed by atoms with Crippen molar-refractivity contribution in [2.75, 3.05) is 40.1 Å². The molecule has 3 amide bonds. The quantitative estimate of drug-likeness (QED) is 0.0323. The van der Waals surface area contributed by atoms with Crippen molar-refractivity contribution in [3.63, 3.8) is 0 Å². The SMILES string of the molecule is C/C=C/[C@@H](c1ccc(C(F)(F)F)cc1)[C@@H](CO)NC(=O)OC(C)(C)C.CC(C)(C)OC(=O)N[C@H](COC(=O)C(C)(C)C)[C@@H](CO)c1ccc(C(F)(F)F)cc1.COC[C@@H](c1ccc(C(F)(F)F)cc1)[C@@H](CO)NC(=O)OC(C)(C)C. The first kappa shape index (κ1) is 71.9. The molecule has 0 heterocycles. The number of alkyl halides is 9. The van der Waals surface area contributed by atoms with E-state index in [0.717, 1.165) is 36.4 Å². The number of allylic oxidation sites excluding steroid dienone is 1. The van der Waals surface area contributed by atoms with Crippen LogP contribution in [0.5, 0.6) is 0 Å². The van der Waals surface area contributed by atoms with Crippen molar-refractivity contribution in [1.82, 2.24) is 16.0 Å². The monoisotopic (exact) mass is 1160 g/mol. The highest BCUT2D eigenvalue weighted by Crippen LogP contribution is 2.34. The summed E-state index contributed by atoms with van der Waals surface area (Å²) in [5.74, 6) is -2.38. The lowest BCUT2D eigenvalue weighted by Crippen LogP contribution is -2.46. The summed E-state index contributed by atoms with van der Waals surface area (Å²) in [4.78, 5) is 48.2. The van der Waals surface area contributed by atoms with E-state index >= 15 is 0 Å². The van der Waals surface area contributed by atoms with E-state index in [4.69, 9.17) is 23.7 Å². The summed E-state index contributed by atoms with van der Waals surface area (Å²) in [5.41, 5.74) is -3.96. The number of carbonyl (C=O) groups excluding carboxylic acids is 4. The first-order valence-electron chi connectivity index (χ1n) is 25.1. The summed E-state index contributed by atoms with van der Waals surface area (Å²) in [6.07, 6.45) is -12.1. The van der Waals surface area contributed by atoms with Crippen molar-refractivity contribution < 1.29 is 97.7 Å². The number of alkyl carbamates (subject to hydrolysis) is 3. The molecule has 0 radical (unpaired) electrons. The van der Waals surface area contributed by atoms with Crippen LogP contribution in [0.4, 0.5) is 53.9 Å². The normalized spacial score (nSPS) is 14.8. The largest absolute Gasteiger partial charge is 0.463 e. The first-order chi connectivity index (χ1) is 36.5. The Morgan fingerprint density at radius 3 is 1.09 bits per heavy atom. The number of carbonyl (C=O) groups is 4. The summed E-state index contributed by atoms with van der Waals surface area (Å²) < 4.78 is 141. The molecule has 0 aliphatic carbocycles. The van der Waals surface area contributed by atoms with Gasteiger partial charge in [0.15, 0.2) is 0 Å². The number of methoxy groups -OCH3 is 1. The molecular formula is C56H78F9N3O12. The fourth-order valence-corrected chi connectivity index (χ4v) is 7.05. The number of rotatable bonds is 17. The highest BCUT2D eigenvalue weighted by atomic mass is 19.4. The van der Waals surface area contributed by atoms with E-state index in [0.29, 0.717) is 16.7 Å². The number of hydrogen-bond donors (Lipinski definition) is 6. The number of esters is 1. The van der Waals surface area contributed by atoms with Gasteiger partial charge in [0.2, 0.25) is 0 Å². The molecule has 0 unspecified atom stereocenters. The Hall–Kier alpha value is -6.11. The first-order valence-corrected chi connectivity index (χ1v) is 25.1. The van der Waals surface area contributed by atoms with E-state index < -0.39 is 137 Å².